The van der Waals surface area contributed by atoms with E-state index in [2.05, 4.69) is 6.92 Å². The minimum absolute atomic E-state index is 0.0416. The van der Waals surface area contributed by atoms with Gasteiger partial charge in [0.05, 0.1) is 6.61 Å². The van der Waals surface area contributed by atoms with Gasteiger partial charge in [0.1, 0.15) is 5.60 Å². The van der Waals surface area contributed by atoms with Gasteiger partial charge in [-0.05, 0) is 56.7 Å². The lowest BCUT2D eigenvalue weighted by molar-refractivity contribution is 0.0296. The molecule has 0 aliphatic heterocycles. The molecule has 0 aliphatic carbocycles. The average Bonchev–Trinajstić information content (AvgIpc) is 2.49. The number of halogens is 1. The van der Waals surface area contributed by atoms with Crippen LogP contribution in [0.3, 0.4) is 0 Å². The quantitative estimate of drug-likeness (QED) is 0.702. The van der Waals surface area contributed by atoms with Crippen molar-refractivity contribution in [2.45, 2.75) is 65.1 Å². The van der Waals surface area contributed by atoms with E-state index in [1.54, 1.807) is 11.9 Å². The smallest absolute Gasteiger partial charge is 0.410 e. The molecule has 0 radical (unpaired) electrons. The Hall–Kier alpha value is -1.26. The SMILES string of the molecule is CC(CCCCN(C)C(=O)OC(C)(C)C)c1ccc(Cl)c(CO)c1. The molecule has 1 unspecified atom stereocenters. The molecule has 0 spiro atoms. The number of aliphatic hydroxyl groups excluding tert-OH is 1. The van der Waals surface area contributed by atoms with E-state index >= 15 is 0 Å². The largest absolute Gasteiger partial charge is 0.444 e. The first-order valence-electron chi connectivity index (χ1n) is 8.47. The molecule has 4 nitrogen and oxygen atoms in total. The fourth-order valence-electron chi connectivity index (χ4n) is 2.42. The highest BCUT2D eigenvalue weighted by Crippen LogP contribution is 2.26. The molecule has 24 heavy (non-hydrogen) atoms. The van der Waals surface area contributed by atoms with E-state index in [9.17, 15) is 9.90 Å². The summed E-state index contributed by atoms with van der Waals surface area (Å²) in [6.07, 6.45) is 2.70. The van der Waals surface area contributed by atoms with Crippen molar-refractivity contribution in [2.24, 2.45) is 0 Å². The molecule has 1 aromatic carbocycles. The number of ether oxygens (including phenoxy) is 1. The average molecular weight is 356 g/mol. The number of benzene rings is 1. The molecule has 1 rings (SSSR count). The number of hydrogen-bond acceptors (Lipinski definition) is 3. The maximum absolute atomic E-state index is 11.9. The number of hydrogen-bond donors (Lipinski definition) is 1. The van der Waals surface area contributed by atoms with Crippen molar-refractivity contribution >= 4 is 17.7 Å². The monoisotopic (exact) mass is 355 g/mol. The zero-order valence-corrected chi connectivity index (χ0v) is 16.2. The van der Waals surface area contributed by atoms with E-state index in [-0.39, 0.29) is 12.7 Å². The standard InChI is InChI=1S/C19H30ClNO3/c1-14(15-9-10-17(20)16(12-15)13-22)8-6-7-11-21(5)18(23)24-19(2,3)4/h9-10,12,14,22H,6-8,11,13H2,1-5H3. The Morgan fingerprint density at radius 2 is 2.00 bits per heavy atom. The highest BCUT2D eigenvalue weighted by Gasteiger charge is 2.19. The summed E-state index contributed by atoms with van der Waals surface area (Å²) < 4.78 is 5.33. The van der Waals surface area contributed by atoms with Gasteiger partial charge in [0.2, 0.25) is 0 Å². The fourth-order valence-corrected chi connectivity index (χ4v) is 2.60. The second kappa shape index (κ2) is 9.28. The minimum atomic E-state index is -0.459. The van der Waals surface area contributed by atoms with Crippen LogP contribution in [0.4, 0.5) is 4.79 Å². The topological polar surface area (TPSA) is 49.8 Å². The Morgan fingerprint density at radius 1 is 1.33 bits per heavy atom. The molecular formula is C19H30ClNO3. The van der Waals surface area contributed by atoms with Gasteiger partial charge in [0.25, 0.3) is 0 Å². The summed E-state index contributed by atoms with van der Waals surface area (Å²) in [7, 11) is 1.77. The molecule has 0 bridgehead atoms. The summed E-state index contributed by atoms with van der Waals surface area (Å²) in [5.41, 5.74) is 1.49. The normalized spacial score (nSPS) is 12.8. The molecule has 0 heterocycles. The summed E-state index contributed by atoms with van der Waals surface area (Å²) >= 11 is 6.03. The van der Waals surface area contributed by atoms with Crippen LogP contribution in [0.1, 0.15) is 64.0 Å². The van der Waals surface area contributed by atoms with Gasteiger partial charge in [-0.25, -0.2) is 4.79 Å². The van der Waals surface area contributed by atoms with Crippen molar-refractivity contribution in [1.29, 1.82) is 0 Å². The minimum Gasteiger partial charge on any atom is -0.444 e. The van der Waals surface area contributed by atoms with Crippen molar-refractivity contribution in [2.75, 3.05) is 13.6 Å². The van der Waals surface area contributed by atoms with E-state index in [4.69, 9.17) is 16.3 Å². The molecule has 0 aromatic heterocycles. The lowest BCUT2D eigenvalue weighted by Crippen LogP contribution is -2.34. The Bertz CT molecular complexity index is 540. The summed E-state index contributed by atoms with van der Waals surface area (Å²) in [5.74, 6) is 0.388. The van der Waals surface area contributed by atoms with E-state index < -0.39 is 5.60 Å². The molecule has 0 saturated carbocycles. The van der Waals surface area contributed by atoms with E-state index in [1.165, 1.54) is 5.56 Å². The number of nitrogens with zero attached hydrogens (tertiary/aromatic N) is 1. The van der Waals surface area contributed by atoms with Gasteiger partial charge in [0.15, 0.2) is 0 Å². The van der Waals surface area contributed by atoms with E-state index in [0.29, 0.717) is 17.5 Å². The highest BCUT2D eigenvalue weighted by atomic mass is 35.5. The fraction of sp³-hybridized carbons (Fsp3) is 0.632. The maximum atomic E-state index is 11.9. The van der Waals surface area contributed by atoms with Crippen LogP contribution in [0, 0.1) is 0 Å². The molecule has 1 amide bonds. The second-order valence-electron chi connectivity index (χ2n) is 7.31. The van der Waals surface area contributed by atoms with Crippen LogP contribution in [0.2, 0.25) is 5.02 Å². The predicted octanol–water partition coefficient (Wildman–Crippen LogP) is 4.97. The van der Waals surface area contributed by atoms with Gasteiger partial charge < -0.3 is 14.7 Å². The first kappa shape index (κ1) is 20.8. The lowest BCUT2D eigenvalue weighted by Gasteiger charge is -2.24. The highest BCUT2D eigenvalue weighted by molar-refractivity contribution is 6.31. The number of amides is 1. The van der Waals surface area contributed by atoms with Crippen LogP contribution < -0.4 is 0 Å². The third-order valence-electron chi connectivity index (χ3n) is 3.89. The molecule has 1 atom stereocenters. The Balaban J connectivity index is 2.38. The van der Waals surface area contributed by atoms with Crippen LogP contribution in [-0.4, -0.2) is 35.3 Å². The molecule has 0 aliphatic rings. The van der Waals surface area contributed by atoms with Crippen LogP contribution in [0.25, 0.3) is 0 Å². The van der Waals surface area contributed by atoms with Crippen molar-refractivity contribution in [3.63, 3.8) is 0 Å². The predicted molar refractivity (Wildman–Crippen MR) is 98.5 cm³/mol. The van der Waals surface area contributed by atoms with Crippen LogP contribution in [0.5, 0.6) is 0 Å². The molecule has 1 aromatic rings. The maximum Gasteiger partial charge on any atom is 0.410 e. The third-order valence-corrected chi connectivity index (χ3v) is 4.26. The summed E-state index contributed by atoms with van der Waals surface area (Å²) in [4.78, 5) is 13.5. The van der Waals surface area contributed by atoms with Crippen LogP contribution in [0.15, 0.2) is 18.2 Å². The Kier molecular flexibility index (Phi) is 8.04. The molecule has 136 valence electrons. The second-order valence-corrected chi connectivity index (χ2v) is 7.71. The number of rotatable bonds is 7. The lowest BCUT2D eigenvalue weighted by atomic mass is 9.94. The van der Waals surface area contributed by atoms with Crippen LogP contribution in [-0.2, 0) is 11.3 Å². The van der Waals surface area contributed by atoms with Gasteiger partial charge in [-0.2, -0.15) is 0 Å². The number of carbonyl (C=O) groups is 1. The molecule has 0 saturated heterocycles. The van der Waals surface area contributed by atoms with Crippen LogP contribution >= 0.6 is 11.6 Å². The summed E-state index contributed by atoms with van der Waals surface area (Å²) in [6, 6.07) is 5.83. The first-order chi connectivity index (χ1) is 11.1. The molecule has 0 fully saturated rings. The van der Waals surface area contributed by atoms with Gasteiger partial charge in [0, 0.05) is 18.6 Å². The van der Waals surface area contributed by atoms with Crippen molar-refractivity contribution < 1.29 is 14.6 Å². The first-order valence-corrected chi connectivity index (χ1v) is 8.85. The third kappa shape index (κ3) is 7.10. The molecule has 5 heteroatoms. The zero-order chi connectivity index (χ0) is 18.3. The van der Waals surface area contributed by atoms with E-state index in [0.717, 1.165) is 24.8 Å². The zero-order valence-electron chi connectivity index (χ0n) is 15.4. The summed E-state index contributed by atoms with van der Waals surface area (Å²) in [6.45, 7) is 8.42. The van der Waals surface area contributed by atoms with Gasteiger partial charge >= 0.3 is 6.09 Å². The van der Waals surface area contributed by atoms with Gasteiger partial charge in [-0.1, -0.05) is 37.1 Å². The van der Waals surface area contributed by atoms with E-state index in [1.807, 2.05) is 39.0 Å². The van der Waals surface area contributed by atoms with Crippen molar-refractivity contribution in [3.8, 4) is 0 Å². The number of carbonyl (C=O) groups excluding carboxylic acids is 1. The van der Waals surface area contributed by atoms with Gasteiger partial charge in [-0.3, -0.25) is 0 Å². The van der Waals surface area contributed by atoms with Crippen molar-refractivity contribution in [1.82, 2.24) is 4.90 Å². The Morgan fingerprint density at radius 3 is 2.58 bits per heavy atom. The van der Waals surface area contributed by atoms with Gasteiger partial charge in [-0.15, -0.1) is 0 Å². The number of unbranched alkanes of at least 4 members (excludes halogenated alkanes) is 1. The molecule has 1 N–H and O–H groups in total. The summed E-state index contributed by atoms with van der Waals surface area (Å²) in [5, 5.41) is 9.90. The Labute approximate surface area is 150 Å². The molecular weight excluding hydrogens is 326 g/mol. The van der Waals surface area contributed by atoms with Crippen molar-refractivity contribution in [3.05, 3.63) is 34.3 Å². The number of aliphatic hydroxyl groups is 1.